The van der Waals surface area contributed by atoms with Gasteiger partial charge in [-0.3, -0.25) is 15.0 Å². The number of aryl methyl sites for hydroxylation is 3. The van der Waals surface area contributed by atoms with Crippen molar-refractivity contribution in [2.75, 3.05) is 0 Å². The van der Waals surface area contributed by atoms with Crippen molar-refractivity contribution >= 4 is 5.91 Å². The molecule has 0 fully saturated rings. The van der Waals surface area contributed by atoms with E-state index in [1.54, 1.807) is 0 Å². The van der Waals surface area contributed by atoms with E-state index in [0.717, 1.165) is 23.1 Å². The van der Waals surface area contributed by atoms with Crippen LogP contribution in [0.4, 0.5) is 0 Å². The summed E-state index contributed by atoms with van der Waals surface area (Å²) < 4.78 is 1.32. The number of hydrogen-bond acceptors (Lipinski definition) is 4. The zero-order valence-corrected chi connectivity index (χ0v) is 13.0. The van der Waals surface area contributed by atoms with Crippen molar-refractivity contribution in [3.8, 4) is 11.3 Å². The fourth-order valence-corrected chi connectivity index (χ4v) is 2.38. The number of carbonyl (C=O) groups excluding carboxylic acids is 1. The summed E-state index contributed by atoms with van der Waals surface area (Å²) >= 11 is 0. The Labute approximate surface area is 128 Å². The minimum absolute atomic E-state index is 0.000856. The summed E-state index contributed by atoms with van der Waals surface area (Å²) in [4.78, 5) is 24.1. The number of hydrazine groups is 1. The number of nitrogen functional groups attached to an aromatic ring is 1. The first-order chi connectivity index (χ1) is 10.5. The molecule has 0 radical (unpaired) electrons. The lowest BCUT2D eigenvalue weighted by molar-refractivity contribution is 0.0951. The minimum Gasteiger partial charge on any atom is -0.290 e. The van der Waals surface area contributed by atoms with E-state index >= 15 is 0 Å². The molecule has 0 aliphatic carbocycles. The fourth-order valence-electron chi connectivity index (χ4n) is 2.38. The van der Waals surface area contributed by atoms with E-state index in [0.29, 0.717) is 12.2 Å². The number of nitrogens with one attached hydrogen (secondary N) is 1. The summed E-state index contributed by atoms with van der Waals surface area (Å²) in [7, 11) is 0. The van der Waals surface area contributed by atoms with Crippen LogP contribution in [0, 0.1) is 13.8 Å². The first-order valence-corrected chi connectivity index (χ1v) is 7.18. The van der Waals surface area contributed by atoms with Crippen molar-refractivity contribution in [1.29, 1.82) is 0 Å². The summed E-state index contributed by atoms with van der Waals surface area (Å²) in [6.45, 7) is 6.38. The summed E-state index contributed by atoms with van der Waals surface area (Å²) in [5.41, 5.74) is 5.24. The third-order valence-electron chi connectivity index (χ3n) is 3.44. The molecule has 0 atom stereocenters. The average Bonchev–Trinajstić information content (AvgIpc) is 2.49. The van der Waals surface area contributed by atoms with Gasteiger partial charge in [-0.05, 0) is 31.9 Å². The molecule has 0 aliphatic heterocycles. The van der Waals surface area contributed by atoms with Crippen molar-refractivity contribution in [3.63, 3.8) is 0 Å². The fraction of sp³-hybridized carbons (Fsp3) is 0.312. The van der Waals surface area contributed by atoms with E-state index in [4.69, 9.17) is 5.84 Å². The molecule has 1 heterocycles. The molecule has 0 aliphatic rings. The number of nitrogens with two attached hydrogens (primary N) is 1. The van der Waals surface area contributed by atoms with E-state index in [2.05, 4.69) is 5.10 Å². The Balaban J connectivity index is 2.68. The highest BCUT2D eigenvalue weighted by Crippen LogP contribution is 2.22. The molecule has 22 heavy (non-hydrogen) atoms. The molecule has 0 saturated heterocycles. The summed E-state index contributed by atoms with van der Waals surface area (Å²) in [5.74, 6) is 4.56. The summed E-state index contributed by atoms with van der Waals surface area (Å²) in [5, 5.41) is 4.38. The Morgan fingerprint density at radius 1 is 1.32 bits per heavy atom. The van der Waals surface area contributed by atoms with E-state index in [1.807, 2.05) is 44.4 Å². The number of hydrogen-bond donors (Lipinski definition) is 2. The molecule has 0 unspecified atom stereocenters. The molecule has 0 saturated carbocycles. The largest absolute Gasteiger partial charge is 0.290 e. The maximum Gasteiger partial charge on any atom is 0.279 e. The smallest absolute Gasteiger partial charge is 0.279 e. The molecule has 0 bridgehead atoms. The standard InChI is InChI=1S/C16H20N4O2/c1-4-7-20-16(22)13(15(21)18-17)9-14(19-20)12-6-5-10(2)8-11(12)3/h5-6,8-9H,4,7,17H2,1-3H3,(H,18,21). The normalized spacial score (nSPS) is 10.5. The summed E-state index contributed by atoms with van der Waals surface area (Å²) in [6, 6.07) is 7.45. The lowest BCUT2D eigenvalue weighted by atomic mass is 10.0. The van der Waals surface area contributed by atoms with Crippen LogP contribution in [-0.4, -0.2) is 15.7 Å². The SMILES string of the molecule is CCCn1nc(-c2ccc(C)cc2C)cc(C(=O)NN)c1=O. The van der Waals surface area contributed by atoms with Crippen molar-refractivity contribution in [1.82, 2.24) is 15.2 Å². The molecule has 0 spiro atoms. The second-order valence-corrected chi connectivity index (χ2v) is 5.26. The predicted molar refractivity (Wildman–Crippen MR) is 85.4 cm³/mol. The van der Waals surface area contributed by atoms with Crippen molar-refractivity contribution < 1.29 is 4.79 Å². The quantitative estimate of drug-likeness (QED) is 0.509. The Hall–Kier alpha value is -2.47. The van der Waals surface area contributed by atoms with Gasteiger partial charge in [0.15, 0.2) is 0 Å². The monoisotopic (exact) mass is 300 g/mol. The molecule has 116 valence electrons. The molecular formula is C16H20N4O2. The van der Waals surface area contributed by atoms with Gasteiger partial charge in [-0.2, -0.15) is 5.10 Å². The molecule has 2 aromatic rings. The average molecular weight is 300 g/mol. The first-order valence-electron chi connectivity index (χ1n) is 7.18. The van der Waals surface area contributed by atoms with E-state index in [1.165, 1.54) is 10.7 Å². The van der Waals surface area contributed by atoms with Crippen LogP contribution < -0.4 is 16.8 Å². The van der Waals surface area contributed by atoms with Crippen molar-refractivity contribution in [2.24, 2.45) is 5.84 Å². The van der Waals surface area contributed by atoms with Gasteiger partial charge in [-0.1, -0.05) is 30.7 Å². The Morgan fingerprint density at radius 2 is 2.05 bits per heavy atom. The predicted octanol–water partition coefficient (Wildman–Crippen LogP) is 1.54. The molecule has 6 heteroatoms. The van der Waals surface area contributed by atoms with Crippen LogP contribution in [0.15, 0.2) is 29.1 Å². The number of aromatic nitrogens is 2. The molecule has 3 N–H and O–H groups in total. The maximum absolute atomic E-state index is 12.3. The van der Waals surface area contributed by atoms with Gasteiger partial charge in [0.25, 0.3) is 11.5 Å². The first kappa shape index (κ1) is 15.9. The van der Waals surface area contributed by atoms with Crippen LogP contribution in [0.1, 0.15) is 34.8 Å². The van der Waals surface area contributed by atoms with E-state index < -0.39 is 11.5 Å². The molecular weight excluding hydrogens is 280 g/mol. The van der Waals surface area contributed by atoms with Gasteiger partial charge < -0.3 is 0 Å². The number of nitrogens with zero attached hydrogens (tertiary/aromatic N) is 2. The maximum atomic E-state index is 12.3. The number of amides is 1. The van der Waals surface area contributed by atoms with E-state index in [-0.39, 0.29) is 5.56 Å². The zero-order valence-electron chi connectivity index (χ0n) is 13.0. The molecule has 6 nitrogen and oxygen atoms in total. The number of carbonyl (C=O) groups is 1. The highest BCUT2D eigenvalue weighted by atomic mass is 16.2. The van der Waals surface area contributed by atoms with Gasteiger partial charge >= 0.3 is 0 Å². The van der Waals surface area contributed by atoms with Crippen molar-refractivity contribution in [2.45, 2.75) is 33.7 Å². The second-order valence-electron chi connectivity index (χ2n) is 5.26. The van der Waals surface area contributed by atoms with Crippen LogP contribution in [0.25, 0.3) is 11.3 Å². The number of benzene rings is 1. The van der Waals surface area contributed by atoms with Crippen LogP contribution in [0.5, 0.6) is 0 Å². The zero-order chi connectivity index (χ0) is 16.3. The van der Waals surface area contributed by atoms with E-state index in [9.17, 15) is 9.59 Å². The van der Waals surface area contributed by atoms with Gasteiger partial charge in [0, 0.05) is 12.1 Å². The highest BCUT2D eigenvalue weighted by Gasteiger charge is 2.16. The van der Waals surface area contributed by atoms with Crippen LogP contribution in [-0.2, 0) is 6.54 Å². The lowest BCUT2D eigenvalue weighted by Crippen LogP contribution is -2.37. The molecule has 1 amide bonds. The van der Waals surface area contributed by atoms with Crippen LogP contribution >= 0.6 is 0 Å². The second kappa shape index (κ2) is 6.53. The lowest BCUT2D eigenvalue weighted by Gasteiger charge is -2.11. The third-order valence-corrected chi connectivity index (χ3v) is 3.44. The topological polar surface area (TPSA) is 90.0 Å². The third kappa shape index (κ3) is 3.07. The number of rotatable bonds is 4. The molecule has 1 aromatic carbocycles. The van der Waals surface area contributed by atoms with Gasteiger partial charge in [0.05, 0.1) is 5.69 Å². The van der Waals surface area contributed by atoms with Gasteiger partial charge in [0.2, 0.25) is 0 Å². The molecule has 2 rings (SSSR count). The van der Waals surface area contributed by atoms with Crippen LogP contribution in [0.2, 0.25) is 0 Å². The van der Waals surface area contributed by atoms with Crippen LogP contribution in [0.3, 0.4) is 0 Å². The highest BCUT2D eigenvalue weighted by molar-refractivity contribution is 5.94. The minimum atomic E-state index is -0.608. The van der Waals surface area contributed by atoms with Gasteiger partial charge in [-0.15, -0.1) is 0 Å². The Morgan fingerprint density at radius 3 is 2.64 bits per heavy atom. The van der Waals surface area contributed by atoms with Gasteiger partial charge in [0.1, 0.15) is 5.56 Å². The Kier molecular flexibility index (Phi) is 4.72. The Bertz CT molecular complexity index is 765. The summed E-state index contributed by atoms with van der Waals surface area (Å²) in [6.07, 6.45) is 0.743. The van der Waals surface area contributed by atoms with Gasteiger partial charge in [-0.25, -0.2) is 10.5 Å². The van der Waals surface area contributed by atoms with Crippen molar-refractivity contribution in [3.05, 3.63) is 51.3 Å². The molecule has 1 aromatic heterocycles.